The van der Waals surface area contributed by atoms with Crippen molar-refractivity contribution in [2.24, 2.45) is 0 Å². The second-order valence-corrected chi connectivity index (χ2v) is 3.76. The van der Waals surface area contributed by atoms with Crippen molar-refractivity contribution in [1.29, 1.82) is 0 Å². The van der Waals surface area contributed by atoms with Crippen molar-refractivity contribution in [1.82, 2.24) is 10.1 Å². The largest absolute Gasteiger partial charge is 0.332 e. The van der Waals surface area contributed by atoms with Crippen LogP contribution in [0.25, 0.3) is 10.8 Å². The lowest BCUT2D eigenvalue weighted by Crippen LogP contribution is -1.71. The summed E-state index contributed by atoms with van der Waals surface area (Å²) in [5.41, 5.74) is 0. The maximum absolute atomic E-state index is 4.95. The Balaban J connectivity index is 2.45. The van der Waals surface area contributed by atoms with E-state index in [4.69, 9.17) is 4.52 Å². The Kier molecular flexibility index (Phi) is 1.91. The Bertz CT molecular complexity index is 343. The molecule has 2 aromatic rings. The van der Waals surface area contributed by atoms with Crippen molar-refractivity contribution >= 4 is 33.9 Å². The second-order valence-electron chi connectivity index (χ2n) is 1.85. The summed E-state index contributed by atoms with van der Waals surface area (Å²) in [7, 11) is 0. The average Bonchev–Trinajstić information content (AvgIpc) is 2.55. The SMILES string of the molecule is Ic1noc(-c2cccs2)n1. The van der Waals surface area contributed by atoms with Crippen molar-refractivity contribution in [2.75, 3.05) is 0 Å². The Morgan fingerprint density at radius 2 is 2.45 bits per heavy atom. The molecule has 0 aromatic carbocycles. The highest BCUT2D eigenvalue weighted by atomic mass is 127. The molecule has 0 radical (unpaired) electrons. The van der Waals surface area contributed by atoms with Crippen LogP contribution in [0, 0.1) is 3.83 Å². The van der Waals surface area contributed by atoms with Gasteiger partial charge in [0.05, 0.1) is 4.88 Å². The first kappa shape index (κ1) is 7.23. The van der Waals surface area contributed by atoms with E-state index in [9.17, 15) is 0 Å². The Hall–Kier alpha value is -0.430. The molecule has 5 heteroatoms. The second kappa shape index (κ2) is 2.90. The van der Waals surface area contributed by atoms with Gasteiger partial charge in [-0.1, -0.05) is 11.2 Å². The molecule has 0 fully saturated rings. The van der Waals surface area contributed by atoms with Crippen LogP contribution < -0.4 is 0 Å². The van der Waals surface area contributed by atoms with Gasteiger partial charge in [-0.2, -0.15) is 4.98 Å². The molecule has 0 saturated heterocycles. The summed E-state index contributed by atoms with van der Waals surface area (Å²) in [4.78, 5) is 5.09. The van der Waals surface area contributed by atoms with Gasteiger partial charge in [0.25, 0.3) is 5.89 Å². The fraction of sp³-hybridized carbons (Fsp3) is 0. The first-order valence-electron chi connectivity index (χ1n) is 2.89. The zero-order valence-electron chi connectivity index (χ0n) is 5.32. The average molecular weight is 278 g/mol. The van der Waals surface area contributed by atoms with E-state index in [0.29, 0.717) is 9.72 Å². The van der Waals surface area contributed by atoms with E-state index in [2.05, 4.69) is 10.1 Å². The molecular formula is C6H3IN2OS. The lowest BCUT2D eigenvalue weighted by atomic mass is 10.5. The lowest BCUT2D eigenvalue weighted by Gasteiger charge is -1.80. The number of hydrogen-bond donors (Lipinski definition) is 0. The van der Waals surface area contributed by atoms with Gasteiger partial charge in [0, 0.05) is 22.6 Å². The number of nitrogens with zero attached hydrogens (tertiary/aromatic N) is 2. The van der Waals surface area contributed by atoms with E-state index < -0.39 is 0 Å². The molecule has 0 amide bonds. The van der Waals surface area contributed by atoms with E-state index in [-0.39, 0.29) is 0 Å². The first-order valence-corrected chi connectivity index (χ1v) is 4.85. The Morgan fingerprint density at radius 1 is 1.55 bits per heavy atom. The van der Waals surface area contributed by atoms with Crippen molar-refractivity contribution < 1.29 is 4.52 Å². The molecule has 2 rings (SSSR count). The van der Waals surface area contributed by atoms with Gasteiger partial charge in [0.2, 0.25) is 3.83 Å². The van der Waals surface area contributed by atoms with Crippen LogP contribution in [0.15, 0.2) is 22.0 Å². The maximum atomic E-state index is 4.95. The molecule has 0 bridgehead atoms. The third-order valence-corrected chi connectivity index (χ3v) is 2.43. The van der Waals surface area contributed by atoms with Crippen LogP contribution in [0.1, 0.15) is 0 Å². The minimum Gasteiger partial charge on any atom is -0.332 e. The molecule has 0 aliphatic rings. The van der Waals surface area contributed by atoms with Crippen molar-refractivity contribution in [3.63, 3.8) is 0 Å². The molecule has 0 N–H and O–H groups in total. The molecule has 0 atom stereocenters. The summed E-state index contributed by atoms with van der Waals surface area (Å²) >= 11 is 3.60. The highest BCUT2D eigenvalue weighted by Crippen LogP contribution is 2.22. The van der Waals surface area contributed by atoms with Crippen molar-refractivity contribution in [3.8, 4) is 10.8 Å². The smallest absolute Gasteiger partial charge is 0.268 e. The number of aromatic nitrogens is 2. The van der Waals surface area contributed by atoms with Gasteiger partial charge in [0.15, 0.2) is 0 Å². The van der Waals surface area contributed by atoms with Crippen LogP contribution in [0.5, 0.6) is 0 Å². The summed E-state index contributed by atoms with van der Waals surface area (Å²) in [6.07, 6.45) is 0. The maximum Gasteiger partial charge on any atom is 0.268 e. The van der Waals surface area contributed by atoms with Gasteiger partial charge in [-0.05, 0) is 11.4 Å². The molecule has 11 heavy (non-hydrogen) atoms. The monoisotopic (exact) mass is 278 g/mol. The molecular weight excluding hydrogens is 275 g/mol. The molecule has 2 aromatic heterocycles. The van der Waals surface area contributed by atoms with Crippen LogP contribution in [-0.2, 0) is 0 Å². The number of thiophene rings is 1. The molecule has 0 unspecified atom stereocenters. The summed E-state index contributed by atoms with van der Waals surface area (Å²) in [6, 6.07) is 3.91. The van der Waals surface area contributed by atoms with Crippen LogP contribution in [0.3, 0.4) is 0 Å². The molecule has 0 aliphatic carbocycles. The van der Waals surface area contributed by atoms with E-state index in [1.165, 1.54) is 0 Å². The molecule has 0 spiro atoms. The number of hydrogen-bond acceptors (Lipinski definition) is 4. The lowest BCUT2D eigenvalue weighted by molar-refractivity contribution is 0.426. The first-order chi connectivity index (χ1) is 5.36. The Morgan fingerprint density at radius 3 is 3.00 bits per heavy atom. The van der Waals surface area contributed by atoms with Crippen molar-refractivity contribution in [2.45, 2.75) is 0 Å². The van der Waals surface area contributed by atoms with Gasteiger partial charge >= 0.3 is 0 Å². The molecule has 0 saturated carbocycles. The van der Waals surface area contributed by atoms with Gasteiger partial charge in [-0.15, -0.1) is 11.3 Å². The van der Waals surface area contributed by atoms with E-state index in [1.54, 1.807) is 11.3 Å². The zero-order chi connectivity index (χ0) is 7.68. The fourth-order valence-electron chi connectivity index (χ4n) is 0.706. The third kappa shape index (κ3) is 1.43. The van der Waals surface area contributed by atoms with Crippen LogP contribution >= 0.6 is 33.9 Å². The van der Waals surface area contributed by atoms with Gasteiger partial charge in [-0.25, -0.2) is 0 Å². The summed E-state index contributed by atoms with van der Waals surface area (Å²) in [5.74, 6) is 0.601. The quantitative estimate of drug-likeness (QED) is 0.752. The van der Waals surface area contributed by atoms with Crippen LogP contribution in [0.4, 0.5) is 0 Å². The van der Waals surface area contributed by atoms with Crippen LogP contribution in [0.2, 0.25) is 0 Å². The molecule has 3 nitrogen and oxygen atoms in total. The van der Waals surface area contributed by atoms with Gasteiger partial charge < -0.3 is 4.52 Å². The Labute approximate surface area is 80.6 Å². The van der Waals surface area contributed by atoms with E-state index in [0.717, 1.165) is 4.88 Å². The highest BCUT2D eigenvalue weighted by Gasteiger charge is 2.06. The predicted molar refractivity (Wildman–Crippen MR) is 50.3 cm³/mol. The predicted octanol–water partition coefficient (Wildman–Crippen LogP) is 2.40. The fourth-order valence-corrected chi connectivity index (χ4v) is 1.67. The van der Waals surface area contributed by atoms with Crippen LogP contribution in [-0.4, -0.2) is 10.1 Å². The normalized spacial score (nSPS) is 10.3. The molecule has 2 heterocycles. The third-order valence-electron chi connectivity index (χ3n) is 1.13. The highest BCUT2D eigenvalue weighted by molar-refractivity contribution is 14.1. The molecule has 0 aliphatic heterocycles. The summed E-state index contributed by atoms with van der Waals surface area (Å²) in [6.45, 7) is 0. The van der Waals surface area contributed by atoms with Gasteiger partial charge in [0.1, 0.15) is 0 Å². The van der Waals surface area contributed by atoms with E-state index in [1.807, 2.05) is 40.1 Å². The zero-order valence-corrected chi connectivity index (χ0v) is 8.29. The minimum absolute atomic E-state index is 0.601. The van der Waals surface area contributed by atoms with Gasteiger partial charge in [-0.3, -0.25) is 0 Å². The molecule has 56 valence electrons. The minimum atomic E-state index is 0.601. The summed E-state index contributed by atoms with van der Waals surface area (Å²) < 4.78 is 5.59. The standard InChI is InChI=1S/C6H3IN2OS/c7-6-8-5(10-9-6)4-2-1-3-11-4/h1-3H. The number of rotatable bonds is 1. The topological polar surface area (TPSA) is 38.9 Å². The summed E-state index contributed by atoms with van der Waals surface area (Å²) in [5, 5.41) is 5.66. The van der Waals surface area contributed by atoms with Crippen molar-refractivity contribution in [3.05, 3.63) is 21.3 Å². The number of halogens is 1. The van der Waals surface area contributed by atoms with E-state index >= 15 is 0 Å².